The van der Waals surface area contributed by atoms with Gasteiger partial charge in [0.25, 0.3) is 5.91 Å². The fourth-order valence-corrected chi connectivity index (χ4v) is 3.36. The highest BCUT2D eigenvalue weighted by molar-refractivity contribution is 9.11. The van der Waals surface area contributed by atoms with Crippen molar-refractivity contribution in [2.45, 2.75) is 20.4 Å². The van der Waals surface area contributed by atoms with Gasteiger partial charge in [-0.25, -0.2) is 0 Å². The third-order valence-corrected chi connectivity index (χ3v) is 4.71. The molecule has 0 aliphatic rings. The molecule has 0 radical (unpaired) electrons. The van der Waals surface area contributed by atoms with Crippen LogP contribution < -0.4 is 5.32 Å². The fraction of sp³-hybridized carbons (Fsp3) is 0.312. The van der Waals surface area contributed by atoms with E-state index >= 15 is 0 Å². The highest BCUT2D eigenvalue weighted by Crippen LogP contribution is 2.23. The van der Waals surface area contributed by atoms with E-state index in [9.17, 15) is 4.79 Å². The molecule has 1 heterocycles. The lowest BCUT2D eigenvalue weighted by Gasteiger charge is -2.19. The minimum absolute atomic E-state index is 0.0354. The average molecular weight is 367 g/mol. The van der Waals surface area contributed by atoms with Gasteiger partial charge in [-0.2, -0.15) is 0 Å². The van der Waals surface area contributed by atoms with Gasteiger partial charge in [-0.1, -0.05) is 6.07 Å². The molecule has 0 fully saturated rings. The number of thiophene rings is 1. The Hall–Kier alpha value is -1.33. The van der Waals surface area contributed by atoms with Crippen LogP contribution in [0.1, 0.15) is 28.4 Å². The summed E-state index contributed by atoms with van der Waals surface area (Å²) >= 11 is 5.08. The first-order chi connectivity index (χ1) is 10.0. The number of benzene rings is 1. The summed E-state index contributed by atoms with van der Waals surface area (Å²) in [6, 6.07) is 7.94. The largest absolute Gasteiger partial charge is 0.385 e. The topological polar surface area (TPSA) is 32.3 Å². The first kappa shape index (κ1) is 16.0. The van der Waals surface area contributed by atoms with Crippen LogP contribution in [0, 0.1) is 6.92 Å². The molecule has 3 nitrogen and oxygen atoms in total. The lowest BCUT2D eigenvalue weighted by atomic mass is 10.1. The number of hydrogen-bond donors (Lipinski definition) is 1. The molecule has 0 bridgehead atoms. The van der Waals surface area contributed by atoms with Gasteiger partial charge in [0.1, 0.15) is 0 Å². The Morgan fingerprint density at radius 3 is 2.76 bits per heavy atom. The Morgan fingerprint density at radius 2 is 2.14 bits per heavy atom. The summed E-state index contributed by atoms with van der Waals surface area (Å²) in [5, 5.41) is 5.33. The van der Waals surface area contributed by atoms with Gasteiger partial charge in [0.05, 0.1) is 9.35 Å². The molecule has 0 saturated carbocycles. The van der Waals surface area contributed by atoms with Crippen molar-refractivity contribution in [2.75, 3.05) is 18.9 Å². The monoisotopic (exact) mass is 366 g/mol. The molecule has 1 aromatic carbocycles. The first-order valence-corrected chi connectivity index (χ1v) is 8.51. The van der Waals surface area contributed by atoms with E-state index in [0.717, 1.165) is 32.7 Å². The number of anilines is 1. The lowest BCUT2D eigenvalue weighted by molar-refractivity contribution is 0.0786. The summed E-state index contributed by atoms with van der Waals surface area (Å²) in [5.74, 6) is 0.0354. The number of nitrogens with one attached hydrogen (secondary N) is 1. The van der Waals surface area contributed by atoms with Gasteiger partial charge in [0.2, 0.25) is 0 Å². The normalized spacial score (nSPS) is 10.5. The third kappa shape index (κ3) is 4.08. The third-order valence-electron chi connectivity index (χ3n) is 3.16. The zero-order valence-corrected chi connectivity index (χ0v) is 14.8. The van der Waals surface area contributed by atoms with Crippen LogP contribution in [-0.4, -0.2) is 24.4 Å². The molecule has 21 heavy (non-hydrogen) atoms. The standard InChI is InChI=1S/C16H19BrN2OS/c1-4-18-14-7-11(2)5-6-13(14)16(20)19(3)9-12-8-15(17)21-10-12/h5-8,10,18H,4,9H2,1-3H3. The van der Waals surface area contributed by atoms with E-state index in [1.54, 1.807) is 16.2 Å². The summed E-state index contributed by atoms with van der Waals surface area (Å²) in [5.41, 5.74) is 3.91. The second-order valence-corrected chi connectivity index (χ2v) is 7.29. The SMILES string of the molecule is CCNc1cc(C)ccc1C(=O)N(C)Cc1csc(Br)c1. The summed E-state index contributed by atoms with van der Waals surface area (Å²) in [6.07, 6.45) is 0. The van der Waals surface area contributed by atoms with E-state index in [1.165, 1.54) is 0 Å². The Bertz CT molecular complexity index is 639. The molecular formula is C16H19BrN2OS. The molecule has 0 aliphatic heterocycles. The number of nitrogens with zero attached hydrogens (tertiary/aromatic N) is 1. The van der Waals surface area contributed by atoms with Crippen molar-refractivity contribution >= 4 is 38.9 Å². The van der Waals surface area contributed by atoms with Gasteiger partial charge >= 0.3 is 0 Å². The average Bonchev–Trinajstić information content (AvgIpc) is 2.84. The molecule has 0 spiro atoms. The van der Waals surface area contributed by atoms with E-state index in [2.05, 4.69) is 32.7 Å². The summed E-state index contributed by atoms with van der Waals surface area (Å²) in [4.78, 5) is 14.4. The minimum Gasteiger partial charge on any atom is -0.385 e. The number of rotatable bonds is 5. The van der Waals surface area contributed by atoms with E-state index in [4.69, 9.17) is 0 Å². The van der Waals surface area contributed by atoms with E-state index in [0.29, 0.717) is 6.54 Å². The van der Waals surface area contributed by atoms with Crippen LogP contribution >= 0.6 is 27.3 Å². The van der Waals surface area contributed by atoms with Gasteiger partial charge < -0.3 is 10.2 Å². The Balaban J connectivity index is 2.18. The number of carbonyl (C=O) groups is 1. The Kier molecular flexibility index (Phi) is 5.42. The van der Waals surface area contributed by atoms with Crippen molar-refractivity contribution in [1.29, 1.82) is 0 Å². The molecule has 1 aromatic heterocycles. The smallest absolute Gasteiger partial charge is 0.255 e. The molecule has 0 aliphatic carbocycles. The van der Waals surface area contributed by atoms with Crippen LogP contribution in [0.5, 0.6) is 0 Å². The predicted molar refractivity (Wildman–Crippen MR) is 93.2 cm³/mol. The van der Waals surface area contributed by atoms with Crippen molar-refractivity contribution in [1.82, 2.24) is 4.90 Å². The maximum atomic E-state index is 12.6. The van der Waals surface area contributed by atoms with Crippen LogP contribution in [-0.2, 0) is 6.54 Å². The van der Waals surface area contributed by atoms with Crippen LogP contribution in [0.3, 0.4) is 0 Å². The molecular weight excluding hydrogens is 348 g/mol. The van der Waals surface area contributed by atoms with Crippen molar-refractivity contribution in [3.05, 3.63) is 50.1 Å². The second kappa shape index (κ2) is 7.09. The molecule has 0 unspecified atom stereocenters. The zero-order valence-electron chi connectivity index (χ0n) is 12.4. The van der Waals surface area contributed by atoms with Gasteiger partial charge in [-0.3, -0.25) is 4.79 Å². The molecule has 0 saturated heterocycles. The molecule has 5 heteroatoms. The van der Waals surface area contributed by atoms with Gasteiger partial charge in [-0.05, 0) is 64.5 Å². The number of carbonyl (C=O) groups excluding carboxylic acids is 1. The highest BCUT2D eigenvalue weighted by atomic mass is 79.9. The summed E-state index contributed by atoms with van der Waals surface area (Å²) in [6.45, 7) is 5.47. The second-order valence-electron chi connectivity index (χ2n) is 5.00. The van der Waals surface area contributed by atoms with E-state index < -0.39 is 0 Å². The molecule has 1 amide bonds. The molecule has 1 N–H and O–H groups in total. The number of aryl methyl sites for hydroxylation is 1. The highest BCUT2D eigenvalue weighted by Gasteiger charge is 2.16. The Labute approximate surface area is 138 Å². The van der Waals surface area contributed by atoms with Crippen molar-refractivity contribution < 1.29 is 4.79 Å². The van der Waals surface area contributed by atoms with Crippen molar-refractivity contribution in [3.8, 4) is 0 Å². The van der Waals surface area contributed by atoms with Gasteiger partial charge in [0, 0.05) is 25.8 Å². The number of halogens is 1. The van der Waals surface area contributed by atoms with Gasteiger partial charge in [-0.15, -0.1) is 11.3 Å². The van der Waals surface area contributed by atoms with Crippen molar-refractivity contribution in [3.63, 3.8) is 0 Å². The maximum absolute atomic E-state index is 12.6. The zero-order chi connectivity index (χ0) is 15.4. The first-order valence-electron chi connectivity index (χ1n) is 6.84. The van der Waals surface area contributed by atoms with Crippen LogP contribution in [0.4, 0.5) is 5.69 Å². The summed E-state index contributed by atoms with van der Waals surface area (Å²) in [7, 11) is 1.84. The molecule has 2 rings (SSSR count). The minimum atomic E-state index is 0.0354. The van der Waals surface area contributed by atoms with E-state index in [1.807, 2.05) is 39.1 Å². The van der Waals surface area contributed by atoms with Crippen LogP contribution in [0.2, 0.25) is 0 Å². The molecule has 2 aromatic rings. The van der Waals surface area contributed by atoms with Crippen molar-refractivity contribution in [2.24, 2.45) is 0 Å². The van der Waals surface area contributed by atoms with E-state index in [-0.39, 0.29) is 5.91 Å². The lowest BCUT2D eigenvalue weighted by Crippen LogP contribution is -2.27. The van der Waals surface area contributed by atoms with Crippen LogP contribution in [0.25, 0.3) is 0 Å². The Morgan fingerprint density at radius 1 is 1.38 bits per heavy atom. The fourth-order valence-electron chi connectivity index (χ4n) is 2.16. The molecule has 0 atom stereocenters. The predicted octanol–water partition coefficient (Wildman–Crippen LogP) is 4.52. The molecule has 112 valence electrons. The number of hydrogen-bond acceptors (Lipinski definition) is 3. The summed E-state index contributed by atoms with van der Waals surface area (Å²) < 4.78 is 1.09. The quantitative estimate of drug-likeness (QED) is 0.843. The number of amides is 1. The van der Waals surface area contributed by atoms with Crippen LogP contribution in [0.15, 0.2) is 33.4 Å². The van der Waals surface area contributed by atoms with Gasteiger partial charge in [0.15, 0.2) is 0 Å². The maximum Gasteiger partial charge on any atom is 0.255 e.